The van der Waals surface area contributed by atoms with Crippen molar-refractivity contribution in [3.63, 3.8) is 0 Å². The largest absolute Gasteiger partial charge is 0.420 e. The lowest BCUT2D eigenvalue weighted by Gasteiger charge is -1.96. The summed E-state index contributed by atoms with van der Waals surface area (Å²) in [6.07, 6.45) is 3.98. The average Bonchev–Trinajstić information content (AvgIpc) is 2.91. The lowest BCUT2D eigenvalue weighted by molar-refractivity contribution is 0.518. The topological polar surface area (TPSA) is 51.8 Å². The second-order valence-corrected chi connectivity index (χ2v) is 4.48. The van der Waals surface area contributed by atoms with Crippen molar-refractivity contribution >= 4 is 11.6 Å². The minimum Gasteiger partial charge on any atom is -0.420 e. The molecule has 0 spiro atoms. The Hall–Kier alpha value is -2.20. The second-order valence-electron chi connectivity index (χ2n) is 4.04. The van der Waals surface area contributed by atoms with E-state index < -0.39 is 0 Å². The van der Waals surface area contributed by atoms with Crippen LogP contribution in [0.3, 0.4) is 0 Å². The first-order valence-electron chi connectivity index (χ1n) is 5.78. The zero-order valence-electron chi connectivity index (χ0n) is 9.95. The molecule has 0 aliphatic rings. The molecule has 0 fully saturated rings. The maximum atomic E-state index is 5.84. The Kier molecular flexibility index (Phi) is 3.25. The average molecular weight is 272 g/mol. The molecule has 5 heteroatoms. The quantitative estimate of drug-likeness (QED) is 0.733. The fraction of sp³-hybridized carbons (Fsp3) is 0.0714. The van der Waals surface area contributed by atoms with Gasteiger partial charge in [0, 0.05) is 23.0 Å². The van der Waals surface area contributed by atoms with E-state index in [0.29, 0.717) is 23.2 Å². The smallest absolute Gasteiger partial charge is 0.247 e. The van der Waals surface area contributed by atoms with Crippen molar-refractivity contribution in [3.8, 4) is 11.5 Å². The fourth-order valence-electron chi connectivity index (χ4n) is 1.71. The summed E-state index contributed by atoms with van der Waals surface area (Å²) in [5.74, 6) is 1.08. The molecule has 94 valence electrons. The van der Waals surface area contributed by atoms with Gasteiger partial charge in [0.05, 0.1) is 6.42 Å². The first kappa shape index (κ1) is 11.9. The van der Waals surface area contributed by atoms with E-state index in [0.717, 1.165) is 11.1 Å². The van der Waals surface area contributed by atoms with E-state index in [1.54, 1.807) is 12.4 Å². The van der Waals surface area contributed by atoms with Gasteiger partial charge >= 0.3 is 0 Å². The third kappa shape index (κ3) is 2.80. The summed E-state index contributed by atoms with van der Waals surface area (Å²) in [4.78, 5) is 3.95. The van der Waals surface area contributed by atoms with Crippen molar-refractivity contribution in [2.45, 2.75) is 6.42 Å². The summed E-state index contributed by atoms with van der Waals surface area (Å²) >= 11 is 5.84. The van der Waals surface area contributed by atoms with Gasteiger partial charge in [-0.3, -0.25) is 4.98 Å². The Morgan fingerprint density at radius 1 is 0.947 bits per heavy atom. The Morgan fingerprint density at radius 3 is 2.42 bits per heavy atom. The molecule has 0 amide bonds. The fourth-order valence-corrected chi connectivity index (χ4v) is 1.84. The Bertz CT molecular complexity index is 665. The van der Waals surface area contributed by atoms with Crippen molar-refractivity contribution in [2.24, 2.45) is 0 Å². The number of nitrogens with zero attached hydrogens (tertiary/aromatic N) is 3. The van der Waals surface area contributed by atoms with Gasteiger partial charge in [-0.2, -0.15) is 0 Å². The Balaban J connectivity index is 1.80. The molecule has 0 saturated heterocycles. The summed E-state index contributed by atoms with van der Waals surface area (Å²) in [6.45, 7) is 0. The minimum atomic E-state index is 0.506. The molecule has 2 heterocycles. The maximum Gasteiger partial charge on any atom is 0.247 e. The van der Waals surface area contributed by atoms with Crippen LogP contribution in [0.15, 0.2) is 53.2 Å². The molecule has 4 nitrogen and oxygen atoms in total. The highest BCUT2D eigenvalue weighted by Gasteiger charge is 2.08. The third-order valence-electron chi connectivity index (χ3n) is 2.66. The van der Waals surface area contributed by atoms with Crippen LogP contribution in [-0.4, -0.2) is 15.2 Å². The zero-order chi connectivity index (χ0) is 13.1. The van der Waals surface area contributed by atoms with E-state index in [9.17, 15) is 0 Å². The summed E-state index contributed by atoms with van der Waals surface area (Å²) in [7, 11) is 0. The van der Waals surface area contributed by atoms with Gasteiger partial charge in [0.1, 0.15) is 0 Å². The van der Waals surface area contributed by atoms with Crippen LogP contribution in [0.5, 0.6) is 0 Å². The number of halogens is 1. The van der Waals surface area contributed by atoms with E-state index in [1.807, 2.05) is 36.4 Å². The first-order chi connectivity index (χ1) is 9.31. The Labute approximate surface area is 115 Å². The number of benzene rings is 1. The summed E-state index contributed by atoms with van der Waals surface area (Å²) in [5.41, 5.74) is 1.94. The molecule has 1 aromatic carbocycles. The van der Waals surface area contributed by atoms with Crippen LogP contribution in [-0.2, 0) is 6.42 Å². The van der Waals surface area contributed by atoms with Gasteiger partial charge in [-0.05, 0) is 29.8 Å². The summed E-state index contributed by atoms with van der Waals surface area (Å²) in [5, 5.41) is 8.78. The molecule has 0 aliphatic heterocycles. The number of aromatic nitrogens is 3. The standard InChI is InChI=1S/C14H10ClN3O/c15-12-3-1-10(2-4-12)9-13-17-18-14(19-13)11-5-7-16-8-6-11/h1-8H,9H2. The number of pyridine rings is 1. The lowest BCUT2D eigenvalue weighted by Crippen LogP contribution is -1.87. The van der Waals surface area contributed by atoms with Crippen LogP contribution in [0.1, 0.15) is 11.5 Å². The summed E-state index contributed by atoms with van der Waals surface area (Å²) in [6, 6.07) is 11.2. The molecule has 0 unspecified atom stereocenters. The van der Waals surface area contributed by atoms with E-state index in [1.165, 1.54) is 0 Å². The van der Waals surface area contributed by atoms with Crippen molar-refractivity contribution in [2.75, 3.05) is 0 Å². The molecule has 0 bridgehead atoms. The van der Waals surface area contributed by atoms with E-state index in [-0.39, 0.29) is 0 Å². The molecule has 0 atom stereocenters. The normalized spacial score (nSPS) is 10.6. The van der Waals surface area contributed by atoms with Crippen LogP contribution >= 0.6 is 11.6 Å². The minimum absolute atomic E-state index is 0.506. The van der Waals surface area contributed by atoms with Crippen molar-refractivity contribution in [3.05, 3.63) is 65.3 Å². The molecule has 2 aromatic heterocycles. The van der Waals surface area contributed by atoms with Crippen LogP contribution in [0.2, 0.25) is 5.02 Å². The molecule has 19 heavy (non-hydrogen) atoms. The maximum absolute atomic E-state index is 5.84. The molecule has 3 rings (SSSR count). The molecule has 3 aromatic rings. The molecule has 0 aliphatic carbocycles. The van der Waals surface area contributed by atoms with Gasteiger partial charge < -0.3 is 4.42 Å². The summed E-state index contributed by atoms with van der Waals surface area (Å²) < 4.78 is 5.62. The monoisotopic (exact) mass is 271 g/mol. The van der Waals surface area contributed by atoms with Gasteiger partial charge in [0.15, 0.2) is 0 Å². The molecular formula is C14H10ClN3O. The second kappa shape index (κ2) is 5.20. The van der Waals surface area contributed by atoms with Crippen LogP contribution in [0.25, 0.3) is 11.5 Å². The van der Waals surface area contributed by atoms with Crippen molar-refractivity contribution < 1.29 is 4.42 Å². The molecular weight excluding hydrogens is 262 g/mol. The van der Waals surface area contributed by atoms with Gasteiger partial charge in [-0.1, -0.05) is 23.7 Å². The SMILES string of the molecule is Clc1ccc(Cc2nnc(-c3ccncc3)o2)cc1. The molecule has 0 saturated carbocycles. The highest BCUT2D eigenvalue weighted by atomic mass is 35.5. The highest BCUT2D eigenvalue weighted by molar-refractivity contribution is 6.30. The van der Waals surface area contributed by atoms with Crippen LogP contribution < -0.4 is 0 Å². The number of rotatable bonds is 3. The van der Waals surface area contributed by atoms with E-state index in [2.05, 4.69) is 15.2 Å². The molecule has 0 N–H and O–H groups in total. The van der Waals surface area contributed by atoms with Gasteiger partial charge in [-0.15, -0.1) is 10.2 Å². The van der Waals surface area contributed by atoms with Crippen molar-refractivity contribution in [1.29, 1.82) is 0 Å². The molecule has 0 radical (unpaired) electrons. The van der Waals surface area contributed by atoms with E-state index >= 15 is 0 Å². The van der Waals surface area contributed by atoms with Crippen LogP contribution in [0.4, 0.5) is 0 Å². The Morgan fingerprint density at radius 2 is 1.68 bits per heavy atom. The lowest BCUT2D eigenvalue weighted by atomic mass is 10.1. The van der Waals surface area contributed by atoms with Gasteiger partial charge in [0.25, 0.3) is 0 Å². The van der Waals surface area contributed by atoms with Crippen LogP contribution in [0, 0.1) is 0 Å². The predicted octanol–water partition coefficient (Wildman–Crippen LogP) is 3.38. The van der Waals surface area contributed by atoms with Crippen molar-refractivity contribution in [1.82, 2.24) is 15.2 Å². The van der Waals surface area contributed by atoms with Gasteiger partial charge in [-0.25, -0.2) is 0 Å². The predicted molar refractivity (Wildman–Crippen MR) is 71.8 cm³/mol. The highest BCUT2D eigenvalue weighted by Crippen LogP contribution is 2.18. The van der Waals surface area contributed by atoms with Gasteiger partial charge in [0.2, 0.25) is 11.8 Å². The third-order valence-corrected chi connectivity index (χ3v) is 2.91. The number of hydrogen-bond donors (Lipinski definition) is 0. The first-order valence-corrected chi connectivity index (χ1v) is 6.16. The van der Waals surface area contributed by atoms with E-state index in [4.69, 9.17) is 16.0 Å². The number of hydrogen-bond acceptors (Lipinski definition) is 4. The zero-order valence-corrected chi connectivity index (χ0v) is 10.7.